The lowest BCUT2D eigenvalue weighted by Gasteiger charge is -2.13. The number of hydrogen-bond donors (Lipinski definition) is 0. The van der Waals surface area contributed by atoms with Crippen LogP contribution in [0.3, 0.4) is 0 Å². The van der Waals surface area contributed by atoms with Crippen LogP contribution in [0.15, 0.2) is 199 Å². The molecular formula is C52H32N2O. The lowest BCUT2D eigenvalue weighted by molar-refractivity contribution is 0.670. The summed E-state index contributed by atoms with van der Waals surface area (Å²) >= 11 is 0. The molecule has 0 atom stereocenters. The number of nitrogens with zero attached hydrogens (tertiary/aromatic N) is 2. The molecule has 3 heterocycles. The van der Waals surface area contributed by atoms with Gasteiger partial charge in [0.05, 0.1) is 27.8 Å². The molecule has 12 rings (SSSR count). The zero-order valence-corrected chi connectivity index (χ0v) is 29.8. The van der Waals surface area contributed by atoms with Crippen LogP contribution >= 0.6 is 0 Å². The summed E-state index contributed by atoms with van der Waals surface area (Å²) in [5.74, 6) is 0. The molecule has 9 aromatic carbocycles. The monoisotopic (exact) mass is 700 g/mol. The smallest absolute Gasteiger partial charge is 0.143 e. The van der Waals surface area contributed by atoms with E-state index in [9.17, 15) is 0 Å². The minimum atomic E-state index is 0.916. The number of furan rings is 1. The molecule has 0 aliphatic rings. The Kier molecular flexibility index (Phi) is 6.34. The van der Waals surface area contributed by atoms with Crippen LogP contribution in [-0.4, -0.2) is 9.13 Å². The topological polar surface area (TPSA) is 23.0 Å². The van der Waals surface area contributed by atoms with Gasteiger partial charge in [-0.15, -0.1) is 0 Å². The van der Waals surface area contributed by atoms with Crippen molar-refractivity contribution in [2.75, 3.05) is 0 Å². The van der Waals surface area contributed by atoms with Gasteiger partial charge < -0.3 is 13.6 Å². The Labute approximate surface area is 316 Å². The molecule has 0 aliphatic carbocycles. The molecule has 0 saturated carbocycles. The average Bonchev–Trinajstić information content (AvgIpc) is 3.91. The van der Waals surface area contributed by atoms with Crippen molar-refractivity contribution in [3.05, 3.63) is 194 Å². The van der Waals surface area contributed by atoms with Crippen LogP contribution < -0.4 is 0 Å². The van der Waals surface area contributed by atoms with Crippen molar-refractivity contribution in [3.63, 3.8) is 0 Å². The van der Waals surface area contributed by atoms with E-state index in [1.807, 2.05) is 12.1 Å². The van der Waals surface area contributed by atoms with Gasteiger partial charge in [0.25, 0.3) is 0 Å². The quantitative estimate of drug-likeness (QED) is 0.179. The Hall–Kier alpha value is -7.36. The van der Waals surface area contributed by atoms with E-state index in [2.05, 4.69) is 191 Å². The number of hydrogen-bond acceptors (Lipinski definition) is 1. The first kappa shape index (κ1) is 30.1. The summed E-state index contributed by atoms with van der Waals surface area (Å²) in [6.07, 6.45) is 0. The van der Waals surface area contributed by atoms with E-state index < -0.39 is 0 Å². The second-order valence-electron chi connectivity index (χ2n) is 14.5. The Balaban J connectivity index is 1.01. The van der Waals surface area contributed by atoms with Crippen molar-refractivity contribution in [2.24, 2.45) is 0 Å². The van der Waals surface area contributed by atoms with Gasteiger partial charge in [-0.3, -0.25) is 0 Å². The molecule has 0 saturated heterocycles. The average molecular weight is 701 g/mol. The Morgan fingerprint density at radius 3 is 1.67 bits per heavy atom. The zero-order chi connectivity index (χ0) is 36.0. The highest BCUT2D eigenvalue weighted by atomic mass is 16.3. The molecule has 3 nitrogen and oxygen atoms in total. The van der Waals surface area contributed by atoms with Gasteiger partial charge in [-0.1, -0.05) is 127 Å². The van der Waals surface area contributed by atoms with Gasteiger partial charge in [-0.25, -0.2) is 0 Å². The van der Waals surface area contributed by atoms with Crippen molar-refractivity contribution in [2.45, 2.75) is 0 Å². The maximum Gasteiger partial charge on any atom is 0.143 e. The van der Waals surface area contributed by atoms with Gasteiger partial charge >= 0.3 is 0 Å². The zero-order valence-electron chi connectivity index (χ0n) is 29.8. The fraction of sp³-hybridized carbons (Fsp3) is 0. The van der Waals surface area contributed by atoms with Crippen LogP contribution in [-0.2, 0) is 0 Å². The highest BCUT2D eigenvalue weighted by Crippen LogP contribution is 2.41. The van der Waals surface area contributed by atoms with Crippen molar-refractivity contribution in [3.8, 4) is 33.6 Å². The first-order chi connectivity index (χ1) is 27.3. The van der Waals surface area contributed by atoms with E-state index in [-0.39, 0.29) is 0 Å². The Morgan fingerprint density at radius 1 is 0.327 bits per heavy atom. The van der Waals surface area contributed by atoms with Gasteiger partial charge in [0.2, 0.25) is 0 Å². The number of benzene rings is 9. The molecule has 3 aromatic heterocycles. The van der Waals surface area contributed by atoms with Gasteiger partial charge in [0, 0.05) is 49.0 Å². The molecule has 0 N–H and O–H groups in total. The molecule has 55 heavy (non-hydrogen) atoms. The molecular weight excluding hydrogens is 669 g/mol. The fourth-order valence-electron chi connectivity index (χ4n) is 9.02. The van der Waals surface area contributed by atoms with Crippen LogP contribution in [0.1, 0.15) is 0 Å². The summed E-state index contributed by atoms with van der Waals surface area (Å²) in [5, 5.41) is 9.68. The molecule has 0 radical (unpaired) electrons. The van der Waals surface area contributed by atoms with Gasteiger partial charge in [0.1, 0.15) is 11.2 Å². The minimum Gasteiger partial charge on any atom is -0.455 e. The predicted molar refractivity (Wildman–Crippen MR) is 231 cm³/mol. The second-order valence-corrected chi connectivity index (χ2v) is 14.5. The van der Waals surface area contributed by atoms with Gasteiger partial charge in [-0.2, -0.15) is 0 Å². The molecule has 0 spiro atoms. The van der Waals surface area contributed by atoms with Crippen LogP contribution in [0, 0.1) is 0 Å². The number of fused-ring (bicyclic) bond motifs is 10. The molecule has 12 aromatic rings. The predicted octanol–water partition coefficient (Wildman–Crippen LogP) is 14.3. The largest absolute Gasteiger partial charge is 0.455 e. The lowest BCUT2D eigenvalue weighted by Crippen LogP contribution is -1.95. The summed E-state index contributed by atoms with van der Waals surface area (Å²) in [7, 11) is 0. The molecule has 3 heteroatoms. The van der Waals surface area contributed by atoms with E-state index in [1.54, 1.807) is 0 Å². The normalized spacial score (nSPS) is 12.0. The first-order valence-electron chi connectivity index (χ1n) is 18.8. The lowest BCUT2D eigenvalue weighted by atomic mass is 9.98. The molecule has 0 fully saturated rings. The standard InChI is InChI=1S/C52H32N2O/c1-2-13-37(14-3-1)53-47-20-7-4-15-40(47)44-31-33(25-28-49(44)53)34-26-29-50-45(32-34)41-16-5-8-21-48(41)54(50)46-22-10-12-35-30-36(24-27-38(35)46)39-18-11-19-43-42-17-6-9-23-51(42)55-52(39)43/h1-32H. The van der Waals surface area contributed by atoms with Crippen LogP contribution in [0.2, 0.25) is 0 Å². The number of para-hydroxylation sites is 5. The Morgan fingerprint density at radius 2 is 0.909 bits per heavy atom. The van der Waals surface area contributed by atoms with Crippen LogP contribution in [0.4, 0.5) is 0 Å². The highest BCUT2D eigenvalue weighted by molar-refractivity contribution is 6.14. The number of rotatable bonds is 4. The molecule has 0 amide bonds. The highest BCUT2D eigenvalue weighted by Gasteiger charge is 2.18. The molecule has 256 valence electrons. The van der Waals surface area contributed by atoms with E-state index >= 15 is 0 Å². The summed E-state index contributed by atoms with van der Waals surface area (Å²) in [4.78, 5) is 0. The SMILES string of the molecule is c1ccc(-n2c3ccccc3c3cc(-c4ccc5c(c4)c4ccccc4n5-c4cccc5cc(-c6cccc7c6oc6ccccc67)ccc45)ccc32)cc1. The Bertz CT molecular complexity index is 3490. The third-order valence-corrected chi connectivity index (χ3v) is 11.5. The van der Waals surface area contributed by atoms with Crippen molar-refractivity contribution < 1.29 is 4.42 Å². The molecule has 0 aliphatic heterocycles. The maximum atomic E-state index is 6.42. The second kappa shape index (κ2) is 11.6. The number of aromatic nitrogens is 2. The van der Waals surface area contributed by atoms with E-state index in [0.29, 0.717) is 0 Å². The summed E-state index contributed by atoms with van der Waals surface area (Å²) in [5.41, 5.74) is 13.7. The molecule has 0 bridgehead atoms. The third kappa shape index (κ3) is 4.44. The van der Waals surface area contributed by atoms with E-state index in [1.165, 1.54) is 76.9 Å². The van der Waals surface area contributed by atoms with Gasteiger partial charge in [0.15, 0.2) is 0 Å². The maximum absolute atomic E-state index is 6.42. The van der Waals surface area contributed by atoms with Crippen LogP contribution in [0.25, 0.3) is 110 Å². The van der Waals surface area contributed by atoms with E-state index in [0.717, 1.165) is 33.1 Å². The molecule has 0 unspecified atom stereocenters. The van der Waals surface area contributed by atoms with Crippen molar-refractivity contribution in [1.82, 2.24) is 9.13 Å². The summed E-state index contributed by atoms with van der Waals surface area (Å²) in [6.45, 7) is 0. The van der Waals surface area contributed by atoms with Crippen molar-refractivity contribution >= 4 is 76.3 Å². The summed E-state index contributed by atoms with van der Waals surface area (Å²) in [6, 6.07) is 70.3. The fourth-order valence-corrected chi connectivity index (χ4v) is 9.02. The van der Waals surface area contributed by atoms with Crippen molar-refractivity contribution in [1.29, 1.82) is 0 Å². The van der Waals surface area contributed by atoms with Gasteiger partial charge in [-0.05, 0) is 88.8 Å². The third-order valence-electron chi connectivity index (χ3n) is 11.5. The van der Waals surface area contributed by atoms with E-state index in [4.69, 9.17) is 4.42 Å². The first-order valence-corrected chi connectivity index (χ1v) is 18.8. The minimum absolute atomic E-state index is 0.916. The summed E-state index contributed by atoms with van der Waals surface area (Å²) < 4.78 is 11.2. The van der Waals surface area contributed by atoms with Crippen LogP contribution in [0.5, 0.6) is 0 Å².